The van der Waals surface area contributed by atoms with Crippen molar-refractivity contribution in [3.8, 4) is 0 Å². The number of aryl methyl sites for hydroxylation is 1. The van der Waals surface area contributed by atoms with Gasteiger partial charge >= 0.3 is 0 Å². The summed E-state index contributed by atoms with van der Waals surface area (Å²) in [6.45, 7) is 6.18. The van der Waals surface area contributed by atoms with Crippen molar-refractivity contribution in [2.45, 2.75) is 45.7 Å². The Labute approximate surface area is 135 Å². The van der Waals surface area contributed by atoms with Crippen LogP contribution >= 0.6 is 15.9 Å². The molecule has 1 atom stereocenters. The maximum Gasteiger partial charge on any atom is 0.138 e. The van der Waals surface area contributed by atoms with Crippen LogP contribution in [0.25, 0.3) is 0 Å². The van der Waals surface area contributed by atoms with Crippen LogP contribution in [0.2, 0.25) is 0 Å². The minimum Gasteiger partial charge on any atom is -0.313 e. The molecule has 2 rings (SSSR count). The predicted molar refractivity (Wildman–Crippen MR) is 89.3 cm³/mol. The van der Waals surface area contributed by atoms with Gasteiger partial charge in [-0.3, -0.25) is 4.68 Å². The van der Waals surface area contributed by atoms with E-state index in [1.807, 2.05) is 4.68 Å². The van der Waals surface area contributed by atoms with Crippen LogP contribution in [-0.2, 0) is 19.4 Å². The highest BCUT2D eigenvalue weighted by molar-refractivity contribution is 9.10. The molecule has 0 aliphatic heterocycles. The lowest BCUT2D eigenvalue weighted by Crippen LogP contribution is -2.34. The summed E-state index contributed by atoms with van der Waals surface area (Å²) in [6.07, 6.45) is 4.68. The maximum absolute atomic E-state index is 4.40. The third-order valence-electron chi connectivity index (χ3n) is 3.48. The second-order valence-electron chi connectivity index (χ2n) is 5.18. The van der Waals surface area contributed by atoms with Crippen LogP contribution in [0, 0.1) is 0 Å². The van der Waals surface area contributed by atoms with Crippen molar-refractivity contribution in [3.63, 3.8) is 0 Å². The molecule has 4 nitrogen and oxygen atoms in total. The van der Waals surface area contributed by atoms with E-state index in [2.05, 4.69) is 69.4 Å². The number of aromatic nitrogens is 3. The highest BCUT2D eigenvalue weighted by atomic mass is 79.9. The molecule has 1 heterocycles. The molecule has 1 aromatic carbocycles. The zero-order chi connectivity index (χ0) is 15.1. The first-order valence-corrected chi connectivity index (χ1v) is 8.36. The Kier molecular flexibility index (Phi) is 6.39. The summed E-state index contributed by atoms with van der Waals surface area (Å²) in [5.41, 5.74) is 1.33. The minimum atomic E-state index is 0.383. The summed E-state index contributed by atoms with van der Waals surface area (Å²) in [5, 5.41) is 7.89. The fraction of sp³-hybridized carbons (Fsp3) is 0.500. The molecular weight excluding hydrogens is 328 g/mol. The second kappa shape index (κ2) is 8.29. The van der Waals surface area contributed by atoms with Gasteiger partial charge in [-0.2, -0.15) is 5.10 Å². The Morgan fingerprint density at radius 2 is 2.14 bits per heavy atom. The van der Waals surface area contributed by atoms with Crippen molar-refractivity contribution in [1.29, 1.82) is 0 Å². The summed E-state index contributed by atoms with van der Waals surface area (Å²) in [4.78, 5) is 4.40. The summed E-state index contributed by atoms with van der Waals surface area (Å²) in [5.74, 6) is 1.06. The summed E-state index contributed by atoms with van der Waals surface area (Å²) >= 11 is 3.54. The summed E-state index contributed by atoms with van der Waals surface area (Å²) < 4.78 is 3.10. The molecule has 0 amide bonds. The van der Waals surface area contributed by atoms with Crippen LogP contribution in [0.3, 0.4) is 0 Å². The van der Waals surface area contributed by atoms with E-state index in [9.17, 15) is 0 Å². The highest BCUT2D eigenvalue weighted by Crippen LogP contribution is 2.14. The molecular formula is C16H23BrN4. The zero-order valence-electron chi connectivity index (χ0n) is 12.7. The van der Waals surface area contributed by atoms with E-state index in [1.165, 1.54) is 5.56 Å². The van der Waals surface area contributed by atoms with E-state index >= 15 is 0 Å². The molecule has 114 valence electrons. The van der Waals surface area contributed by atoms with Gasteiger partial charge in [-0.05, 0) is 44.0 Å². The molecule has 0 aliphatic rings. The lowest BCUT2D eigenvalue weighted by atomic mass is 10.0. The smallest absolute Gasteiger partial charge is 0.138 e. The van der Waals surface area contributed by atoms with E-state index in [4.69, 9.17) is 0 Å². The number of hydrogen-bond donors (Lipinski definition) is 1. The number of rotatable bonds is 8. The van der Waals surface area contributed by atoms with Crippen molar-refractivity contribution in [2.24, 2.45) is 0 Å². The first-order valence-electron chi connectivity index (χ1n) is 7.57. The van der Waals surface area contributed by atoms with Gasteiger partial charge < -0.3 is 5.32 Å². The fourth-order valence-corrected chi connectivity index (χ4v) is 2.89. The standard InChI is InChI=1S/C16H23BrN4/c1-3-8-18-15(10-13-6-5-7-14(17)9-13)11-16-19-12-20-21(16)4-2/h5-7,9,12,15,18H,3-4,8,10-11H2,1-2H3. The third-order valence-corrected chi connectivity index (χ3v) is 3.97. The van der Waals surface area contributed by atoms with Crippen molar-refractivity contribution >= 4 is 15.9 Å². The van der Waals surface area contributed by atoms with Gasteiger partial charge in [-0.1, -0.05) is 35.0 Å². The van der Waals surface area contributed by atoms with Gasteiger partial charge in [0.1, 0.15) is 12.2 Å². The summed E-state index contributed by atoms with van der Waals surface area (Å²) in [7, 11) is 0. The van der Waals surface area contributed by atoms with Crippen LogP contribution in [0.5, 0.6) is 0 Å². The van der Waals surface area contributed by atoms with Crippen molar-refractivity contribution in [1.82, 2.24) is 20.1 Å². The molecule has 1 aromatic heterocycles. The topological polar surface area (TPSA) is 42.7 Å². The zero-order valence-corrected chi connectivity index (χ0v) is 14.3. The van der Waals surface area contributed by atoms with Crippen LogP contribution in [0.4, 0.5) is 0 Å². The average molecular weight is 351 g/mol. The Hall–Kier alpha value is -1.20. The lowest BCUT2D eigenvalue weighted by molar-refractivity contribution is 0.478. The Bertz CT molecular complexity index is 553. The van der Waals surface area contributed by atoms with E-state index < -0.39 is 0 Å². The van der Waals surface area contributed by atoms with E-state index in [0.717, 1.165) is 42.6 Å². The minimum absolute atomic E-state index is 0.383. The molecule has 2 aromatic rings. The van der Waals surface area contributed by atoms with Gasteiger partial charge in [0.15, 0.2) is 0 Å². The molecule has 0 spiro atoms. The maximum atomic E-state index is 4.40. The SMILES string of the molecule is CCCNC(Cc1cccc(Br)c1)Cc1ncnn1CC. The third kappa shape index (κ3) is 4.93. The largest absolute Gasteiger partial charge is 0.313 e. The van der Waals surface area contributed by atoms with Crippen molar-refractivity contribution < 1.29 is 0 Å². The molecule has 1 unspecified atom stereocenters. The average Bonchev–Trinajstić information content (AvgIpc) is 2.92. The van der Waals surface area contributed by atoms with E-state index in [-0.39, 0.29) is 0 Å². The fourth-order valence-electron chi connectivity index (χ4n) is 2.44. The Balaban J connectivity index is 2.07. The van der Waals surface area contributed by atoms with Gasteiger partial charge in [-0.25, -0.2) is 4.98 Å². The monoisotopic (exact) mass is 350 g/mol. The van der Waals surface area contributed by atoms with Gasteiger partial charge in [0.05, 0.1) is 0 Å². The van der Waals surface area contributed by atoms with E-state index in [0.29, 0.717) is 6.04 Å². The molecule has 0 saturated heterocycles. The van der Waals surface area contributed by atoms with Crippen LogP contribution in [0.15, 0.2) is 35.1 Å². The number of hydrogen-bond acceptors (Lipinski definition) is 3. The molecule has 21 heavy (non-hydrogen) atoms. The predicted octanol–water partition coefficient (Wildman–Crippen LogP) is 3.21. The molecule has 1 N–H and O–H groups in total. The van der Waals surface area contributed by atoms with Crippen LogP contribution in [0.1, 0.15) is 31.7 Å². The first kappa shape index (κ1) is 16.2. The van der Waals surface area contributed by atoms with E-state index in [1.54, 1.807) is 6.33 Å². The number of halogens is 1. The van der Waals surface area contributed by atoms with Gasteiger partial charge in [-0.15, -0.1) is 0 Å². The summed E-state index contributed by atoms with van der Waals surface area (Å²) in [6, 6.07) is 8.89. The molecule has 0 saturated carbocycles. The van der Waals surface area contributed by atoms with Crippen molar-refractivity contribution in [3.05, 3.63) is 46.5 Å². The van der Waals surface area contributed by atoms with Gasteiger partial charge in [0.2, 0.25) is 0 Å². The normalized spacial score (nSPS) is 12.5. The second-order valence-corrected chi connectivity index (χ2v) is 6.10. The van der Waals surface area contributed by atoms with Crippen LogP contribution in [-0.4, -0.2) is 27.4 Å². The first-order chi connectivity index (χ1) is 10.2. The van der Waals surface area contributed by atoms with Crippen LogP contribution < -0.4 is 5.32 Å². The van der Waals surface area contributed by atoms with Gasteiger partial charge in [0.25, 0.3) is 0 Å². The highest BCUT2D eigenvalue weighted by Gasteiger charge is 2.14. The Morgan fingerprint density at radius 3 is 2.86 bits per heavy atom. The molecule has 0 fully saturated rings. The molecule has 5 heteroatoms. The quantitative estimate of drug-likeness (QED) is 0.794. The Morgan fingerprint density at radius 1 is 1.29 bits per heavy atom. The number of nitrogens with one attached hydrogen (secondary N) is 1. The molecule has 0 radical (unpaired) electrons. The molecule has 0 bridgehead atoms. The number of nitrogens with zero attached hydrogens (tertiary/aromatic N) is 3. The molecule has 0 aliphatic carbocycles. The lowest BCUT2D eigenvalue weighted by Gasteiger charge is -2.18. The van der Waals surface area contributed by atoms with Crippen molar-refractivity contribution in [2.75, 3.05) is 6.54 Å². The van der Waals surface area contributed by atoms with Gasteiger partial charge in [0, 0.05) is 23.5 Å². The number of benzene rings is 1.